The van der Waals surface area contributed by atoms with E-state index in [0.29, 0.717) is 48.5 Å². The molecule has 2 heterocycles. The Morgan fingerprint density at radius 2 is 2.06 bits per heavy atom. The number of piperidine rings is 1. The van der Waals surface area contributed by atoms with Crippen molar-refractivity contribution in [2.75, 3.05) is 19.6 Å². The summed E-state index contributed by atoms with van der Waals surface area (Å²) in [5.41, 5.74) is 5.61. The van der Waals surface area contributed by atoms with Crippen LogP contribution in [-0.2, 0) is 4.79 Å². The number of nitrogens with zero attached hydrogens (tertiary/aromatic N) is 3. The van der Waals surface area contributed by atoms with Gasteiger partial charge in [0.1, 0.15) is 23.0 Å². The highest BCUT2D eigenvalue weighted by atomic mass is 19.4. The van der Waals surface area contributed by atoms with Crippen LogP contribution in [0.1, 0.15) is 32.5 Å². The molecule has 0 saturated carbocycles. The summed E-state index contributed by atoms with van der Waals surface area (Å²) in [7, 11) is 0. The highest BCUT2D eigenvalue weighted by Crippen LogP contribution is 2.27. The third-order valence-corrected chi connectivity index (χ3v) is 5.34. The summed E-state index contributed by atoms with van der Waals surface area (Å²) in [6.45, 7) is 4.64. The Bertz CT molecular complexity index is 1050. The third kappa shape index (κ3) is 7.34. The van der Waals surface area contributed by atoms with E-state index in [1.54, 1.807) is 23.1 Å². The topological polar surface area (TPSA) is 117 Å². The van der Waals surface area contributed by atoms with Gasteiger partial charge in [0, 0.05) is 25.2 Å². The second-order valence-corrected chi connectivity index (χ2v) is 8.65. The van der Waals surface area contributed by atoms with E-state index in [1.165, 1.54) is 38.2 Å². The van der Waals surface area contributed by atoms with Gasteiger partial charge in [-0.05, 0) is 56.9 Å². The van der Waals surface area contributed by atoms with Crippen LogP contribution >= 0.6 is 0 Å². The zero-order valence-electron chi connectivity index (χ0n) is 19.0. The van der Waals surface area contributed by atoms with Crippen LogP contribution in [-0.4, -0.2) is 63.3 Å². The number of aromatic nitrogens is 2. The van der Waals surface area contributed by atoms with Crippen LogP contribution in [0.25, 0.3) is 17.3 Å². The summed E-state index contributed by atoms with van der Waals surface area (Å²) >= 11 is 0. The number of halogens is 3. The van der Waals surface area contributed by atoms with Gasteiger partial charge in [-0.2, -0.15) is 0 Å². The highest BCUT2D eigenvalue weighted by Gasteiger charge is 2.32. The number of aliphatic imine (C=N–C) groups is 1. The van der Waals surface area contributed by atoms with Crippen molar-refractivity contribution in [2.45, 2.75) is 38.7 Å². The number of likely N-dealkylation sites (tertiary alicyclic amines) is 1. The molecular weight excluding hydrogens is 451 g/mol. The molecule has 1 aromatic carbocycles. The number of alkyl halides is 3. The molecule has 0 spiro atoms. The number of aromatic amines is 1. The van der Waals surface area contributed by atoms with Gasteiger partial charge in [-0.15, -0.1) is 13.2 Å². The standard InChI is InChI=1S/C23H28F3N5O3/c1-22(2,33)21(32)31-10-8-15(9-11-31)13-28-19(27)6-7-20-29-14-18(30-20)16-4-3-5-17(12-16)34-23(24,25)26/h3-7,12,14-15,33H,8-11,13H2,1-2H3,(H2,27,28)(H,29,30)/b7-6-. The van der Waals surface area contributed by atoms with Crippen LogP contribution in [0.2, 0.25) is 0 Å². The summed E-state index contributed by atoms with van der Waals surface area (Å²) in [6, 6.07) is 5.59. The summed E-state index contributed by atoms with van der Waals surface area (Å²) < 4.78 is 41.2. The maximum Gasteiger partial charge on any atom is 0.573 e. The summed E-state index contributed by atoms with van der Waals surface area (Å²) in [6.07, 6.45) is 1.52. The number of benzene rings is 1. The Balaban J connectivity index is 1.53. The molecular formula is C23H28F3N5O3. The molecule has 34 heavy (non-hydrogen) atoms. The number of amides is 1. The molecule has 0 unspecified atom stereocenters. The predicted octanol–water partition coefficient (Wildman–Crippen LogP) is 3.36. The Kier molecular flexibility index (Phi) is 7.65. The number of carbonyl (C=O) groups excluding carboxylic acids is 1. The van der Waals surface area contributed by atoms with Crippen LogP contribution < -0.4 is 10.5 Å². The average molecular weight is 480 g/mol. The summed E-state index contributed by atoms with van der Waals surface area (Å²) in [4.78, 5) is 25.4. The van der Waals surface area contributed by atoms with Crippen molar-refractivity contribution in [3.63, 3.8) is 0 Å². The van der Waals surface area contributed by atoms with E-state index in [0.717, 1.165) is 12.8 Å². The second kappa shape index (κ2) is 10.3. The number of amidine groups is 1. The quantitative estimate of drug-likeness (QED) is 0.416. The minimum atomic E-state index is -4.76. The van der Waals surface area contributed by atoms with Gasteiger partial charge in [-0.25, -0.2) is 4.98 Å². The Morgan fingerprint density at radius 1 is 1.35 bits per heavy atom. The minimum absolute atomic E-state index is 0.269. The van der Waals surface area contributed by atoms with Crippen molar-refractivity contribution in [3.8, 4) is 17.0 Å². The first-order valence-corrected chi connectivity index (χ1v) is 10.8. The van der Waals surface area contributed by atoms with Crippen molar-refractivity contribution < 1.29 is 27.8 Å². The smallest absolute Gasteiger partial charge is 0.406 e. The molecule has 1 saturated heterocycles. The number of nitrogens with two attached hydrogens (primary N) is 1. The first-order valence-electron chi connectivity index (χ1n) is 10.8. The lowest BCUT2D eigenvalue weighted by Crippen LogP contribution is -2.48. The maximum absolute atomic E-state index is 12.4. The number of imidazole rings is 1. The van der Waals surface area contributed by atoms with E-state index < -0.39 is 12.0 Å². The predicted molar refractivity (Wildman–Crippen MR) is 122 cm³/mol. The van der Waals surface area contributed by atoms with Crippen molar-refractivity contribution in [2.24, 2.45) is 16.6 Å². The molecule has 0 radical (unpaired) electrons. The molecule has 184 valence electrons. The zero-order chi connectivity index (χ0) is 24.9. The molecule has 0 atom stereocenters. The fourth-order valence-electron chi connectivity index (χ4n) is 3.59. The molecule has 3 rings (SSSR count). The summed E-state index contributed by atoms with van der Waals surface area (Å²) in [5, 5.41) is 9.86. The Morgan fingerprint density at radius 3 is 2.71 bits per heavy atom. The molecule has 4 N–H and O–H groups in total. The summed E-state index contributed by atoms with van der Waals surface area (Å²) in [5.74, 6) is 0.485. The van der Waals surface area contributed by atoms with E-state index in [-0.39, 0.29) is 11.7 Å². The van der Waals surface area contributed by atoms with Gasteiger partial charge in [0.15, 0.2) is 0 Å². The molecule has 1 amide bonds. The molecule has 11 heteroatoms. The average Bonchev–Trinajstić information content (AvgIpc) is 3.24. The van der Waals surface area contributed by atoms with E-state index in [1.807, 2.05) is 0 Å². The molecule has 2 aromatic rings. The van der Waals surface area contributed by atoms with Gasteiger partial charge in [0.2, 0.25) is 0 Å². The number of nitrogens with one attached hydrogen (secondary N) is 1. The molecule has 0 bridgehead atoms. The minimum Gasteiger partial charge on any atom is -0.406 e. The zero-order valence-corrected chi connectivity index (χ0v) is 19.0. The van der Waals surface area contributed by atoms with Gasteiger partial charge in [-0.1, -0.05) is 12.1 Å². The van der Waals surface area contributed by atoms with Crippen LogP contribution in [0.15, 0.2) is 41.5 Å². The SMILES string of the molecule is CC(C)(O)C(=O)N1CCC(CN=C(N)/C=C\c2ncc(-c3cccc(OC(F)(F)F)c3)[nH]2)CC1. The van der Waals surface area contributed by atoms with Gasteiger partial charge in [-0.3, -0.25) is 9.79 Å². The molecule has 8 nitrogen and oxygen atoms in total. The highest BCUT2D eigenvalue weighted by molar-refractivity contribution is 5.94. The number of hydrogen-bond acceptors (Lipinski definition) is 5. The van der Waals surface area contributed by atoms with Crippen molar-refractivity contribution >= 4 is 17.8 Å². The largest absolute Gasteiger partial charge is 0.573 e. The first-order chi connectivity index (χ1) is 15.9. The molecule has 1 aliphatic rings. The second-order valence-electron chi connectivity index (χ2n) is 8.65. The lowest BCUT2D eigenvalue weighted by molar-refractivity contribution is -0.274. The van der Waals surface area contributed by atoms with Crippen LogP contribution in [0.5, 0.6) is 5.75 Å². The van der Waals surface area contributed by atoms with E-state index >= 15 is 0 Å². The molecule has 0 aliphatic carbocycles. The lowest BCUT2D eigenvalue weighted by Gasteiger charge is -2.34. The number of carbonyl (C=O) groups is 1. The molecule has 1 fully saturated rings. The van der Waals surface area contributed by atoms with E-state index in [4.69, 9.17) is 5.73 Å². The van der Waals surface area contributed by atoms with E-state index in [9.17, 15) is 23.1 Å². The fraction of sp³-hybridized carbons (Fsp3) is 0.435. The van der Waals surface area contributed by atoms with Gasteiger partial charge in [0.05, 0.1) is 11.9 Å². The fourth-order valence-corrected chi connectivity index (χ4v) is 3.59. The third-order valence-electron chi connectivity index (χ3n) is 5.34. The molecule has 1 aliphatic heterocycles. The maximum atomic E-state index is 12.4. The van der Waals surface area contributed by atoms with Crippen LogP contribution in [0, 0.1) is 5.92 Å². The monoisotopic (exact) mass is 479 g/mol. The van der Waals surface area contributed by atoms with Gasteiger partial charge >= 0.3 is 6.36 Å². The Hall–Kier alpha value is -3.34. The number of H-pyrrole nitrogens is 1. The van der Waals surface area contributed by atoms with Crippen molar-refractivity contribution in [1.82, 2.24) is 14.9 Å². The number of ether oxygens (including phenoxy) is 1. The van der Waals surface area contributed by atoms with Crippen LogP contribution in [0.4, 0.5) is 13.2 Å². The van der Waals surface area contributed by atoms with Gasteiger partial charge < -0.3 is 25.5 Å². The lowest BCUT2D eigenvalue weighted by atomic mass is 9.95. The van der Waals surface area contributed by atoms with Crippen molar-refractivity contribution in [1.29, 1.82) is 0 Å². The Labute approximate surface area is 195 Å². The number of aliphatic hydroxyl groups is 1. The van der Waals surface area contributed by atoms with Gasteiger partial charge in [0.25, 0.3) is 5.91 Å². The van der Waals surface area contributed by atoms with Crippen LogP contribution in [0.3, 0.4) is 0 Å². The number of rotatable bonds is 7. The van der Waals surface area contributed by atoms with Crippen molar-refractivity contribution in [3.05, 3.63) is 42.4 Å². The normalized spacial score (nSPS) is 16.3. The van der Waals surface area contributed by atoms with E-state index in [2.05, 4.69) is 19.7 Å². The first kappa shape index (κ1) is 25.3. The number of hydrogen-bond donors (Lipinski definition) is 3. The molecule has 1 aromatic heterocycles.